The number of ether oxygens (including phenoxy) is 1. The van der Waals surface area contributed by atoms with Crippen LogP contribution < -0.4 is 4.74 Å². The summed E-state index contributed by atoms with van der Waals surface area (Å²) in [7, 11) is 0. The lowest BCUT2D eigenvalue weighted by Gasteiger charge is -2.09. The number of nitrogens with zero attached hydrogens (tertiary/aromatic N) is 4. The smallest absolute Gasteiger partial charge is 0.266 e. The van der Waals surface area contributed by atoms with Crippen LogP contribution in [0, 0.1) is 6.92 Å². The van der Waals surface area contributed by atoms with Crippen LogP contribution in [0.15, 0.2) is 48.5 Å². The first-order valence-corrected chi connectivity index (χ1v) is 8.09. The highest BCUT2D eigenvalue weighted by molar-refractivity contribution is 5.95. The molecule has 6 heteroatoms. The summed E-state index contributed by atoms with van der Waals surface area (Å²) >= 11 is 0. The number of carbonyl (C=O) groups is 1. The standard InChI is InChI=1S/C19H16N4O2/c1-3-17(24)13-8-10-14(11-9-13)25-19-18-22-21-12(2)23(18)16-7-5-4-6-15(16)20-19/h4-11H,3H2,1-2H3. The van der Waals surface area contributed by atoms with Crippen molar-refractivity contribution >= 4 is 22.5 Å². The Morgan fingerprint density at radius 3 is 2.60 bits per heavy atom. The number of ketones is 1. The van der Waals surface area contributed by atoms with Gasteiger partial charge in [-0.3, -0.25) is 9.20 Å². The Morgan fingerprint density at radius 1 is 1.08 bits per heavy atom. The van der Waals surface area contributed by atoms with E-state index in [4.69, 9.17) is 4.74 Å². The molecule has 25 heavy (non-hydrogen) atoms. The van der Waals surface area contributed by atoms with Crippen molar-refractivity contribution in [1.82, 2.24) is 19.6 Å². The van der Waals surface area contributed by atoms with Crippen LogP contribution >= 0.6 is 0 Å². The first kappa shape index (κ1) is 15.3. The molecule has 0 atom stereocenters. The number of aryl methyl sites for hydroxylation is 1. The minimum absolute atomic E-state index is 0.103. The van der Waals surface area contributed by atoms with Crippen molar-refractivity contribution in [2.24, 2.45) is 0 Å². The van der Waals surface area contributed by atoms with Gasteiger partial charge in [0.15, 0.2) is 5.78 Å². The second kappa shape index (κ2) is 5.98. The van der Waals surface area contributed by atoms with E-state index in [1.165, 1.54) is 0 Å². The fourth-order valence-electron chi connectivity index (χ4n) is 2.79. The molecule has 0 fully saturated rings. The third-order valence-corrected chi connectivity index (χ3v) is 4.07. The molecule has 4 rings (SSSR count). The number of rotatable bonds is 4. The van der Waals surface area contributed by atoms with Gasteiger partial charge in [-0.05, 0) is 43.3 Å². The SMILES string of the molecule is CCC(=O)c1ccc(Oc2nc3ccccc3n3c(C)nnc23)cc1. The first-order valence-electron chi connectivity index (χ1n) is 8.09. The summed E-state index contributed by atoms with van der Waals surface area (Å²) in [6.45, 7) is 3.73. The van der Waals surface area contributed by atoms with Crippen LogP contribution in [0.1, 0.15) is 29.5 Å². The van der Waals surface area contributed by atoms with Crippen molar-refractivity contribution < 1.29 is 9.53 Å². The lowest BCUT2D eigenvalue weighted by Crippen LogP contribution is -1.99. The van der Waals surface area contributed by atoms with Gasteiger partial charge in [0.25, 0.3) is 5.88 Å². The minimum Gasteiger partial charge on any atom is -0.436 e. The Kier molecular flexibility index (Phi) is 3.65. The highest BCUT2D eigenvalue weighted by Gasteiger charge is 2.14. The molecular weight excluding hydrogens is 316 g/mol. The number of Topliss-reactive ketones (excluding diaryl/α,β-unsaturated/α-hetero) is 1. The fraction of sp³-hybridized carbons (Fsp3) is 0.158. The van der Waals surface area contributed by atoms with E-state index < -0.39 is 0 Å². The van der Waals surface area contributed by atoms with Gasteiger partial charge in [-0.1, -0.05) is 19.1 Å². The van der Waals surface area contributed by atoms with E-state index in [9.17, 15) is 4.79 Å². The molecule has 124 valence electrons. The molecule has 0 saturated carbocycles. The van der Waals surface area contributed by atoms with E-state index in [1.54, 1.807) is 24.3 Å². The Labute approximate surface area is 144 Å². The van der Waals surface area contributed by atoms with Gasteiger partial charge < -0.3 is 4.74 Å². The number of para-hydroxylation sites is 2. The Hall–Kier alpha value is -3.28. The zero-order chi connectivity index (χ0) is 17.4. The molecule has 2 aromatic heterocycles. The predicted octanol–water partition coefficient (Wildman–Crippen LogP) is 3.97. The van der Waals surface area contributed by atoms with Gasteiger partial charge in [0.05, 0.1) is 11.0 Å². The van der Waals surface area contributed by atoms with E-state index in [0.717, 1.165) is 16.9 Å². The van der Waals surface area contributed by atoms with Crippen LogP contribution in [-0.2, 0) is 0 Å². The molecule has 0 spiro atoms. The number of fused-ring (bicyclic) bond motifs is 3. The van der Waals surface area contributed by atoms with Gasteiger partial charge >= 0.3 is 0 Å². The molecule has 0 amide bonds. The Morgan fingerprint density at radius 2 is 1.84 bits per heavy atom. The normalized spacial score (nSPS) is 11.1. The van der Waals surface area contributed by atoms with Crippen molar-refractivity contribution in [2.45, 2.75) is 20.3 Å². The second-order valence-electron chi connectivity index (χ2n) is 5.72. The molecule has 2 aromatic carbocycles. The van der Waals surface area contributed by atoms with Gasteiger partial charge in [0.1, 0.15) is 11.6 Å². The molecule has 0 aliphatic heterocycles. The highest BCUT2D eigenvalue weighted by atomic mass is 16.5. The van der Waals surface area contributed by atoms with Gasteiger partial charge in [-0.2, -0.15) is 0 Å². The number of benzene rings is 2. The molecule has 0 N–H and O–H groups in total. The molecule has 0 saturated heterocycles. The van der Waals surface area contributed by atoms with Gasteiger partial charge in [0, 0.05) is 12.0 Å². The van der Waals surface area contributed by atoms with Crippen LogP contribution in [0.3, 0.4) is 0 Å². The first-order chi connectivity index (χ1) is 12.2. The van der Waals surface area contributed by atoms with Crippen LogP contribution in [0.5, 0.6) is 11.6 Å². The van der Waals surface area contributed by atoms with Gasteiger partial charge in [-0.15, -0.1) is 10.2 Å². The summed E-state index contributed by atoms with van der Waals surface area (Å²) in [4.78, 5) is 16.3. The molecular formula is C19H16N4O2. The van der Waals surface area contributed by atoms with Crippen molar-refractivity contribution in [3.8, 4) is 11.6 Å². The largest absolute Gasteiger partial charge is 0.436 e. The van der Waals surface area contributed by atoms with Crippen LogP contribution in [0.25, 0.3) is 16.7 Å². The quantitative estimate of drug-likeness (QED) is 0.529. The Balaban J connectivity index is 1.79. The third kappa shape index (κ3) is 2.61. The van der Waals surface area contributed by atoms with Gasteiger partial charge in [0.2, 0.25) is 5.65 Å². The monoisotopic (exact) mass is 332 g/mol. The fourth-order valence-corrected chi connectivity index (χ4v) is 2.79. The van der Waals surface area contributed by atoms with Crippen LogP contribution in [0.4, 0.5) is 0 Å². The van der Waals surface area contributed by atoms with E-state index >= 15 is 0 Å². The molecule has 2 heterocycles. The zero-order valence-electron chi connectivity index (χ0n) is 13.9. The topological polar surface area (TPSA) is 69.4 Å². The maximum atomic E-state index is 11.7. The lowest BCUT2D eigenvalue weighted by molar-refractivity contribution is 0.0988. The van der Waals surface area contributed by atoms with E-state index in [-0.39, 0.29) is 5.78 Å². The average molecular weight is 332 g/mol. The number of aromatic nitrogens is 4. The Bertz CT molecular complexity index is 1080. The summed E-state index contributed by atoms with van der Waals surface area (Å²) in [5.41, 5.74) is 2.96. The maximum Gasteiger partial charge on any atom is 0.266 e. The third-order valence-electron chi connectivity index (χ3n) is 4.07. The summed E-state index contributed by atoms with van der Waals surface area (Å²) in [6.07, 6.45) is 0.478. The maximum absolute atomic E-state index is 11.7. The number of carbonyl (C=O) groups excluding carboxylic acids is 1. The molecule has 0 unspecified atom stereocenters. The van der Waals surface area contributed by atoms with Crippen molar-refractivity contribution in [3.05, 3.63) is 59.9 Å². The molecule has 4 aromatic rings. The summed E-state index contributed by atoms with van der Waals surface area (Å²) < 4.78 is 7.86. The zero-order valence-corrected chi connectivity index (χ0v) is 13.9. The molecule has 0 aliphatic carbocycles. The second-order valence-corrected chi connectivity index (χ2v) is 5.72. The summed E-state index contributed by atoms with van der Waals surface area (Å²) in [5.74, 6) is 1.85. The van der Waals surface area contributed by atoms with Crippen LogP contribution in [-0.4, -0.2) is 25.4 Å². The van der Waals surface area contributed by atoms with E-state index in [2.05, 4.69) is 15.2 Å². The van der Waals surface area contributed by atoms with E-state index in [1.807, 2.05) is 42.5 Å². The summed E-state index contributed by atoms with van der Waals surface area (Å²) in [5, 5.41) is 8.34. The van der Waals surface area contributed by atoms with Crippen molar-refractivity contribution in [2.75, 3.05) is 0 Å². The average Bonchev–Trinajstić information content (AvgIpc) is 3.04. The molecule has 6 nitrogen and oxygen atoms in total. The van der Waals surface area contributed by atoms with Crippen molar-refractivity contribution in [3.63, 3.8) is 0 Å². The van der Waals surface area contributed by atoms with E-state index in [0.29, 0.717) is 29.3 Å². The molecule has 0 aliphatic rings. The highest BCUT2D eigenvalue weighted by Crippen LogP contribution is 2.27. The minimum atomic E-state index is 0.103. The van der Waals surface area contributed by atoms with Crippen molar-refractivity contribution in [1.29, 1.82) is 0 Å². The number of hydrogen-bond donors (Lipinski definition) is 0. The summed E-state index contributed by atoms with van der Waals surface area (Å²) in [6, 6.07) is 14.8. The lowest BCUT2D eigenvalue weighted by atomic mass is 10.1. The number of hydrogen-bond acceptors (Lipinski definition) is 5. The van der Waals surface area contributed by atoms with Crippen LogP contribution in [0.2, 0.25) is 0 Å². The molecule has 0 bridgehead atoms. The predicted molar refractivity (Wildman–Crippen MR) is 94.2 cm³/mol. The molecule has 0 radical (unpaired) electrons. The van der Waals surface area contributed by atoms with Gasteiger partial charge in [-0.25, -0.2) is 4.98 Å².